The van der Waals surface area contributed by atoms with E-state index < -0.39 is 5.92 Å². The molecule has 1 saturated heterocycles. The van der Waals surface area contributed by atoms with Gasteiger partial charge in [-0.1, -0.05) is 6.07 Å². The Morgan fingerprint density at radius 3 is 2.38 bits per heavy atom. The third-order valence-electron chi connectivity index (χ3n) is 4.12. The number of nitrogens with zero attached hydrogens (tertiary/aromatic N) is 1. The van der Waals surface area contributed by atoms with Crippen LogP contribution in [0.3, 0.4) is 0 Å². The van der Waals surface area contributed by atoms with Crippen LogP contribution in [-0.2, 0) is 9.59 Å². The van der Waals surface area contributed by atoms with E-state index in [9.17, 15) is 14.0 Å². The molecule has 0 saturated carbocycles. The van der Waals surface area contributed by atoms with Crippen molar-refractivity contribution in [3.05, 3.63) is 59.4 Å². The number of rotatable bonds is 3. The second-order valence-corrected chi connectivity index (χ2v) is 6.25. The minimum absolute atomic E-state index is 0.123. The van der Waals surface area contributed by atoms with Gasteiger partial charge in [-0.3, -0.25) is 9.59 Å². The summed E-state index contributed by atoms with van der Waals surface area (Å²) in [6, 6.07) is 11.6. The number of amides is 2. The fourth-order valence-corrected chi connectivity index (χ4v) is 3.04. The first-order valence-electron chi connectivity index (χ1n) is 7.87. The summed E-state index contributed by atoms with van der Waals surface area (Å²) >= 11 is 0. The van der Waals surface area contributed by atoms with Gasteiger partial charge in [-0.25, -0.2) is 4.39 Å². The Morgan fingerprint density at radius 1 is 1.12 bits per heavy atom. The van der Waals surface area contributed by atoms with Crippen LogP contribution in [0.25, 0.3) is 0 Å². The molecule has 1 N–H and O–H groups in total. The molecule has 1 fully saturated rings. The van der Waals surface area contributed by atoms with E-state index in [2.05, 4.69) is 5.32 Å². The molecular formula is C19H19FN2O2. The number of anilines is 2. The van der Waals surface area contributed by atoms with Crippen LogP contribution in [0.4, 0.5) is 15.8 Å². The van der Waals surface area contributed by atoms with Gasteiger partial charge in [-0.05, 0) is 61.4 Å². The SMILES string of the molecule is Cc1cc(C)cc(NC(=O)C2CC(=O)N(c3ccc(F)cc3)C2)c1. The van der Waals surface area contributed by atoms with E-state index in [1.165, 1.54) is 17.0 Å². The Bertz CT molecular complexity index is 766. The molecule has 5 heteroatoms. The molecular weight excluding hydrogens is 307 g/mol. The zero-order valence-electron chi connectivity index (χ0n) is 13.7. The van der Waals surface area contributed by atoms with Gasteiger partial charge in [0.05, 0.1) is 5.92 Å². The maximum absolute atomic E-state index is 13.0. The van der Waals surface area contributed by atoms with Crippen LogP contribution >= 0.6 is 0 Å². The Morgan fingerprint density at radius 2 is 1.75 bits per heavy atom. The molecule has 0 radical (unpaired) electrons. The average Bonchev–Trinajstić information content (AvgIpc) is 2.89. The maximum Gasteiger partial charge on any atom is 0.229 e. The molecule has 1 unspecified atom stereocenters. The lowest BCUT2D eigenvalue weighted by Crippen LogP contribution is -2.28. The molecule has 1 atom stereocenters. The molecule has 1 heterocycles. The molecule has 1 aliphatic heterocycles. The Balaban J connectivity index is 1.70. The fraction of sp³-hybridized carbons (Fsp3) is 0.263. The van der Waals surface area contributed by atoms with Crippen molar-refractivity contribution < 1.29 is 14.0 Å². The van der Waals surface area contributed by atoms with Crippen LogP contribution in [-0.4, -0.2) is 18.4 Å². The topological polar surface area (TPSA) is 49.4 Å². The summed E-state index contributed by atoms with van der Waals surface area (Å²) in [5.74, 6) is -1.06. The lowest BCUT2D eigenvalue weighted by atomic mass is 10.1. The molecule has 24 heavy (non-hydrogen) atoms. The Hall–Kier alpha value is -2.69. The van der Waals surface area contributed by atoms with Crippen molar-refractivity contribution in [1.29, 1.82) is 0 Å². The smallest absolute Gasteiger partial charge is 0.229 e. The highest BCUT2D eigenvalue weighted by molar-refractivity contribution is 6.03. The Kier molecular flexibility index (Phi) is 4.34. The lowest BCUT2D eigenvalue weighted by Gasteiger charge is -2.16. The molecule has 0 aromatic heterocycles. The molecule has 3 rings (SSSR count). The molecule has 0 bridgehead atoms. The van der Waals surface area contributed by atoms with Crippen molar-refractivity contribution >= 4 is 23.2 Å². The number of carbonyl (C=O) groups excluding carboxylic acids is 2. The highest BCUT2D eigenvalue weighted by Crippen LogP contribution is 2.26. The zero-order chi connectivity index (χ0) is 17.3. The van der Waals surface area contributed by atoms with E-state index in [0.717, 1.165) is 16.8 Å². The summed E-state index contributed by atoms with van der Waals surface area (Å²) in [5.41, 5.74) is 3.50. The van der Waals surface area contributed by atoms with Gasteiger partial charge in [0, 0.05) is 24.3 Å². The van der Waals surface area contributed by atoms with Crippen molar-refractivity contribution in [1.82, 2.24) is 0 Å². The molecule has 0 aliphatic carbocycles. The average molecular weight is 326 g/mol. The number of carbonyl (C=O) groups is 2. The standard InChI is InChI=1S/C19H19FN2O2/c1-12-7-13(2)9-16(8-12)21-19(24)14-10-18(23)22(11-14)17-5-3-15(20)4-6-17/h3-9,14H,10-11H2,1-2H3,(H,21,24). The van der Waals surface area contributed by atoms with E-state index in [4.69, 9.17) is 0 Å². The van der Waals surface area contributed by atoms with Crippen LogP contribution in [0.5, 0.6) is 0 Å². The minimum Gasteiger partial charge on any atom is -0.326 e. The first-order valence-corrected chi connectivity index (χ1v) is 7.87. The van der Waals surface area contributed by atoms with Crippen molar-refractivity contribution in [2.24, 2.45) is 5.92 Å². The molecule has 2 aromatic carbocycles. The lowest BCUT2D eigenvalue weighted by molar-refractivity contribution is -0.122. The summed E-state index contributed by atoms with van der Waals surface area (Å²) in [7, 11) is 0. The van der Waals surface area contributed by atoms with Crippen molar-refractivity contribution in [2.45, 2.75) is 20.3 Å². The summed E-state index contributed by atoms with van der Waals surface area (Å²) in [4.78, 5) is 26.2. The summed E-state index contributed by atoms with van der Waals surface area (Å²) in [6.45, 7) is 4.25. The van der Waals surface area contributed by atoms with Crippen LogP contribution < -0.4 is 10.2 Å². The molecule has 1 aliphatic rings. The maximum atomic E-state index is 13.0. The van der Waals surface area contributed by atoms with Gasteiger partial charge < -0.3 is 10.2 Å². The molecule has 124 valence electrons. The van der Waals surface area contributed by atoms with Crippen molar-refractivity contribution in [3.8, 4) is 0 Å². The van der Waals surface area contributed by atoms with Crippen molar-refractivity contribution in [2.75, 3.05) is 16.8 Å². The zero-order valence-corrected chi connectivity index (χ0v) is 13.7. The third kappa shape index (κ3) is 3.45. The fourth-order valence-electron chi connectivity index (χ4n) is 3.04. The number of nitrogens with one attached hydrogen (secondary N) is 1. The number of aryl methyl sites for hydroxylation is 2. The third-order valence-corrected chi connectivity index (χ3v) is 4.12. The van der Waals surface area contributed by atoms with E-state index in [-0.39, 0.29) is 24.1 Å². The highest BCUT2D eigenvalue weighted by Gasteiger charge is 2.35. The molecule has 0 spiro atoms. The summed E-state index contributed by atoms with van der Waals surface area (Å²) in [6.07, 6.45) is 0.161. The molecule has 2 aromatic rings. The predicted molar refractivity (Wildman–Crippen MR) is 91.4 cm³/mol. The Labute approximate surface area is 140 Å². The van der Waals surface area contributed by atoms with E-state index >= 15 is 0 Å². The first kappa shape index (κ1) is 16.2. The second-order valence-electron chi connectivity index (χ2n) is 6.25. The summed E-state index contributed by atoms with van der Waals surface area (Å²) < 4.78 is 13.0. The minimum atomic E-state index is -0.414. The van der Waals surface area contributed by atoms with E-state index in [1.54, 1.807) is 12.1 Å². The number of hydrogen-bond acceptors (Lipinski definition) is 2. The van der Waals surface area contributed by atoms with Crippen LogP contribution in [0.15, 0.2) is 42.5 Å². The van der Waals surface area contributed by atoms with Crippen LogP contribution in [0, 0.1) is 25.6 Å². The van der Waals surface area contributed by atoms with Gasteiger partial charge in [0.2, 0.25) is 11.8 Å². The largest absolute Gasteiger partial charge is 0.326 e. The van der Waals surface area contributed by atoms with Gasteiger partial charge in [-0.15, -0.1) is 0 Å². The van der Waals surface area contributed by atoms with Crippen LogP contribution in [0.1, 0.15) is 17.5 Å². The quantitative estimate of drug-likeness (QED) is 0.939. The van der Waals surface area contributed by atoms with Crippen LogP contribution in [0.2, 0.25) is 0 Å². The molecule has 4 nitrogen and oxygen atoms in total. The number of hydrogen-bond donors (Lipinski definition) is 1. The first-order chi connectivity index (χ1) is 11.4. The number of halogens is 1. The van der Waals surface area contributed by atoms with Gasteiger partial charge in [0.1, 0.15) is 5.82 Å². The van der Waals surface area contributed by atoms with Crippen molar-refractivity contribution in [3.63, 3.8) is 0 Å². The van der Waals surface area contributed by atoms with Gasteiger partial charge in [0.25, 0.3) is 0 Å². The second kappa shape index (κ2) is 6.43. The monoisotopic (exact) mass is 326 g/mol. The predicted octanol–water partition coefficient (Wildman–Crippen LogP) is 3.43. The van der Waals surface area contributed by atoms with Gasteiger partial charge in [0.15, 0.2) is 0 Å². The molecule has 2 amide bonds. The van der Waals surface area contributed by atoms with Gasteiger partial charge >= 0.3 is 0 Å². The summed E-state index contributed by atoms with van der Waals surface area (Å²) in [5, 5.41) is 2.89. The highest BCUT2D eigenvalue weighted by atomic mass is 19.1. The van der Waals surface area contributed by atoms with Gasteiger partial charge in [-0.2, -0.15) is 0 Å². The van der Waals surface area contributed by atoms with E-state index in [1.807, 2.05) is 32.0 Å². The number of benzene rings is 2. The normalized spacial score (nSPS) is 17.2. The van der Waals surface area contributed by atoms with E-state index in [0.29, 0.717) is 12.2 Å².